The predicted molar refractivity (Wildman–Crippen MR) is 117 cm³/mol. The van der Waals surface area contributed by atoms with Gasteiger partial charge in [0.25, 0.3) is 0 Å². The summed E-state index contributed by atoms with van der Waals surface area (Å²) in [5, 5.41) is 52.6. The van der Waals surface area contributed by atoms with Crippen molar-refractivity contribution in [3.8, 4) is 0 Å². The Balaban J connectivity index is 1.75. The van der Waals surface area contributed by atoms with Gasteiger partial charge in [-0.15, -0.1) is 0 Å². The first-order valence-corrected chi connectivity index (χ1v) is 11.0. The SMILES string of the molecule is COC1(c2ccc(Cl)c(C(C)(O)c3ccc(C4CC4)cc3)c2)OC(CO)C(O)C(O)C1O. The van der Waals surface area contributed by atoms with Crippen molar-refractivity contribution in [3.05, 3.63) is 69.7 Å². The summed E-state index contributed by atoms with van der Waals surface area (Å²) in [5.41, 5.74) is 1.03. The van der Waals surface area contributed by atoms with Gasteiger partial charge in [0.2, 0.25) is 5.79 Å². The van der Waals surface area contributed by atoms with E-state index >= 15 is 0 Å². The molecule has 2 fully saturated rings. The normalized spacial score (nSPS) is 32.5. The average molecular weight is 465 g/mol. The van der Waals surface area contributed by atoms with Gasteiger partial charge in [0.1, 0.15) is 30.0 Å². The third-order valence-electron chi connectivity index (χ3n) is 6.67. The van der Waals surface area contributed by atoms with Crippen LogP contribution in [0.1, 0.15) is 47.9 Å². The van der Waals surface area contributed by atoms with Crippen molar-refractivity contribution in [3.63, 3.8) is 0 Å². The maximum atomic E-state index is 11.5. The lowest BCUT2D eigenvalue weighted by Crippen LogP contribution is -2.64. The molecule has 32 heavy (non-hydrogen) atoms. The van der Waals surface area contributed by atoms with Crippen LogP contribution in [0.4, 0.5) is 0 Å². The number of hydrogen-bond donors (Lipinski definition) is 5. The molecule has 1 saturated heterocycles. The molecule has 6 unspecified atom stereocenters. The largest absolute Gasteiger partial charge is 0.394 e. The van der Waals surface area contributed by atoms with Gasteiger partial charge in [-0.25, -0.2) is 0 Å². The molecule has 1 aliphatic heterocycles. The van der Waals surface area contributed by atoms with Crippen molar-refractivity contribution >= 4 is 11.6 Å². The molecule has 174 valence electrons. The van der Waals surface area contributed by atoms with Crippen LogP contribution in [0.5, 0.6) is 0 Å². The summed E-state index contributed by atoms with van der Waals surface area (Å²) in [6.07, 6.45) is -3.63. The smallest absolute Gasteiger partial charge is 0.224 e. The highest BCUT2D eigenvalue weighted by atomic mass is 35.5. The molecule has 1 saturated carbocycles. The number of methoxy groups -OCH3 is 1. The molecule has 8 heteroatoms. The topological polar surface area (TPSA) is 120 Å². The van der Waals surface area contributed by atoms with Gasteiger partial charge in [0, 0.05) is 23.3 Å². The van der Waals surface area contributed by atoms with Gasteiger partial charge in [0.05, 0.1) is 6.61 Å². The van der Waals surface area contributed by atoms with Gasteiger partial charge in [0.15, 0.2) is 0 Å². The number of rotatable bonds is 6. The predicted octanol–water partition coefficient (Wildman–Crippen LogP) is 1.75. The van der Waals surface area contributed by atoms with Crippen LogP contribution in [-0.4, -0.2) is 63.7 Å². The van der Waals surface area contributed by atoms with E-state index in [1.165, 1.54) is 25.5 Å². The first-order valence-electron chi connectivity index (χ1n) is 10.7. The van der Waals surface area contributed by atoms with Crippen molar-refractivity contribution in [1.82, 2.24) is 0 Å². The minimum atomic E-state index is -1.89. The number of aliphatic hydroxyl groups is 5. The third kappa shape index (κ3) is 3.87. The first-order chi connectivity index (χ1) is 15.2. The van der Waals surface area contributed by atoms with Crippen LogP contribution in [0.3, 0.4) is 0 Å². The summed E-state index contributed by atoms with van der Waals surface area (Å²) < 4.78 is 11.3. The van der Waals surface area contributed by atoms with Gasteiger partial charge in [-0.1, -0.05) is 41.9 Å². The highest BCUT2D eigenvalue weighted by molar-refractivity contribution is 6.31. The van der Waals surface area contributed by atoms with E-state index in [2.05, 4.69) is 0 Å². The minimum absolute atomic E-state index is 0.270. The lowest BCUT2D eigenvalue weighted by atomic mass is 9.83. The first kappa shape index (κ1) is 23.6. The molecule has 2 aliphatic rings. The zero-order valence-electron chi connectivity index (χ0n) is 18.0. The van der Waals surface area contributed by atoms with Crippen molar-refractivity contribution in [2.75, 3.05) is 13.7 Å². The molecule has 7 nitrogen and oxygen atoms in total. The number of ether oxygens (including phenoxy) is 2. The van der Waals surface area contributed by atoms with Gasteiger partial charge >= 0.3 is 0 Å². The molecule has 0 amide bonds. The van der Waals surface area contributed by atoms with Crippen LogP contribution in [0, 0.1) is 0 Å². The summed E-state index contributed by atoms with van der Waals surface area (Å²) in [6.45, 7) is 1.03. The molecule has 1 aliphatic carbocycles. The molecular formula is C24H29ClO7. The third-order valence-corrected chi connectivity index (χ3v) is 7.00. The second-order valence-corrected chi connectivity index (χ2v) is 9.21. The van der Waals surface area contributed by atoms with Crippen LogP contribution >= 0.6 is 11.6 Å². The van der Waals surface area contributed by atoms with E-state index in [1.807, 2.05) is 24.3 Å². The second kappa shape index (κ2) is 8.66. The molecule has 5 N–H and O–H groups in total. The Kier molecular flexibility index (Phi) is 6.39. The summed E-state index contributed by atoms with van der Waals surface area (Å²) >= 11 is 6.46. The number of hydrogen-bond acceptors (Lipinski definition) is 7. The summed E-state index contributed by atoms with van der Waals surface area (Å²) in [5.74, 6) is -1.30. The Hall–Kier alpha value is -1.55. The lowest BCUT2D eigenvalue weighted by Gasteiger charge is -2.47. The molecule has 0 spiro atoms. The Morgan fingerprint density at radius 3 is 2.31 bits per heavy atom. The Morgan fingerprint density at radius 1 is 1.09 bits per heavy atom. The fourth-order valence-corrected chi connectivity index (χ4v) is 4.74. The molecule has 2 aromatic rings. The zero-order valence-corrected chi connectivity index (χ0v) is 18.7. The van der Waals surface area contributed by atoms with Crippen molar-refractivity contribution in [1.29, 1.82) is 0 Å². The minimum Gasteiger partial charge on any atom is -0.394 e. The Labute approximate surface area is 191 Å². The molecule has 2 aromatic carbocycles. The lowest BCUT2D eigenvalue weighted by molar-refractivity contribution is -0.366. The highest BCUT2D eigenvalue weighted by Crippen LogP contribution is 2.44. The Morgan fingerprint density at radius 2 is 1.75 bits per heavy atom. The van der Waals surface area contributed by atoms with Gasteiger partial charge in [-0.3, -0.25) is 0 Å². The van der Waals surface area contributed by atoms with E-state index in [0.29, 0.717) is 22.1 Å². The molecule has 4 rings (SSSR count). The van der Waals surface area contributed by atoms with E-state index < -0.39 is 42.4 Å². The summed E-state index contributed by atoms with van der Waals surface area (Å²) in [6, 6.07) is 12.4. The maximum absolute atomic E-state index is 11.5. The zero-order chi connectivity index (χ0) is 23.3. The van der Waals surface area contributed by atoms with Crippen molar-refractivity contribution in [2.24, 2.45) is 0 Å². The monoisotopic (exact) mass is 464 g/mol. The van der Waals surface area contributed by atoms with E-state index in [4.69, 9.17) is 21.1 Å². The molecule has 0 bridgehead atoms. The van der Waals surface area contributed by atoms with Crippen LogP contribution in [0.15, 0.2) is 42.5 Å². The average Bonchev–Trinajstić information content (AvgIpc) is 3.64. The highest BCUT2D eigenvalue weighted by Gasteiger charge is 2.55. The quantitative estimate of drug-likeness (QED) is 0.441. The van der Waals surface area contributed by atoms with E-state index in [0.717, 1.165) is 0 Å². The number of halogens is 1. The van der Waals surface area contributed by atoms with Crippen LogP contribution in [-0.2, 0) is 20.9 Å². The fourth-order valence-electron chi connectivity index (χ4n) is 4.43. The van der Waals surface area contributed by atoms with E-state index in [-0.39, 0.29) is 5.56 Å². The van der Waals surface area contributed by atoms with Crippen LogP contribution < -0.4 is 0 Å². The van der Waals surface area contributed by atoms with E-state index in [1.54, 1.807) is 25.1 Å². The maximum Gasteiger partial charge on any atom is 0.224 e. The standard InChI is InChI=1S/C24H29ClO7/c1-23(30,15-7-5-14(6-8-15)13-3-4-13)17-11-16(9-10-18(17)25)24(31-2)22(29)21(28)20(27)19(12-26)32-24/h5-11,13,19-22,26-30H,3-4,12H2,1-2H3. The van der Waals surface area contributed by atoms with Gasteiger partial charge in [-0.2, -0.15) is 0 Å². The fraction of sp³-hybridized carbons (Fsp3) is 0.500. The van der Waals surface area contributed by atoms with Gasteiger partial charge < -0.3 is 35.0 Å². The van der Waals surface area contributed by atoms with Crippen molar-refractivity contribution < 1.29 is 35.0 Å². The summed E-state index contributed by atoms with van der Waals surface area (Å²) in [4.78, 5) is 0. The molecule has 0 radical (unpaired) electrons. The van der Waals surface area contributed by atoms with Crippen LogP contribution in [0.2, 0.25) is 5.02 Å². The van der Waals surface area contributed by atoms with Gasteiger partial charge in [-0.05, 0) is 48.9 Å². The van der Waals surface area contributed by atoms with E-state index in [9.17, 15) is 25.5 Å². The molecule has 0 aromatic heterocycles. The Bertz CT molecular complexity index is 957. The van der Waals surface area contributed by atoms with Crippen LogP contribution in [0.25, 0.3) is 0 Å². The molecule has 1 heterocycles. The number of benzene rings is 2. The summed E-state index contributed by atoms with van der Waals surface area (Å²) in [7, 11) is 1.28. The second-order valence-electron chi connectivity index (χ2n) is 8.80. The molecular weight excluding hydrogens is 436 g/mol. The molecule has 6 atom stereocenters. The van der Waals surface area contributed by atoms with Crippen molar-refractivity contribution in [2.45, 2.75) is 61.5 Å². The number of aliphatic hydroxyl groups excluding tert-OH is 4.